The van der Waals surface area contributed by atoms with Gasteiger partial charge in [-0.15, -0.1) is 0 Å². The quantitative estimate of drug-likeness (QED) is 0.918. The molecule has 0 unspecified atom stereocenters. The average Bonchev–Trinajstić information content (AvgIpc) is 2.41. The van der Waals surface area contributed by atoms with Gasteiger partial charge in [0.15, 0.2) is 5.82 Å². The molecular weight excluding hydrogens is 250 g/mol. The second kappa shape index (κ2) is 5.39. The van der Waals surface area contributed by atoms with Crippen molar-refractivity contribution < 1.29 is 4.74 Å². The van der Waals surface area contributed by atoms with E-state index in [1.165, 1.54) is 6.20 Å². The first-order valence-electron chi connectivity index (χ1n) is 5.20. The Morgan fingerprint density at radius 3 is 2.94 bits per heavy atom. The van der Waals surface area contributed by atoms with Crippen LogP contribution in [-0.4, -0.2) is 12.1 Å². The van der Waals surface area contributed by atoms with Gasteiger partial charge in [0, 0.05) is 18.0 Å². The summed E-state index contributed by atoms with van der Waals surface area (Å²) in [5, 5.41) is 12.2. The molecule has 0 radical (unpaired) electrons. The summed E-state index contributed by atoms with van der Waals surface area (Å²) in [7, 11) is 1.60. The molecule has 5 heteroatoms. The highest BCUT2D eigenvalue weighted by molar-refractivity contribution is 6.34. The molecule has 0 saturated heterocycles. The van der Waals surface area contributed by atoms with Crippen LogP contribution in [0.15, 0.2) is 36.5 Å². The highest BCUT2D eigenvalue weighted by Crippen LogP contribution is 2.27. The third-order valence-corrected chi connectivity index (χ3v) is 2.72. The van der Waals surface area contributed by atoms with E-state index in [1.54, 1.807) is 13.2 Å². The van der Waals surface area contributed by atoms with Gasteiger partial charge in [0.1, 0.15) is 16.8 Å². The maximum atomic E-state index is 8.88. The van der Waals surface area contributed by atoms with Crippen LogP contribution in [0.25, 0.3) is 0 Å². The van der Waals surface area contributed by atoms with Gasteiger partial charge in [-0.1, -0.05) is 17.7 Å². The zero-order chi connectivity index (χ0) is 13.0. The van der Waals surface area contributed by atoms with Gasteiger partial charge in [-0.05, 0) is 18.2 Å². The number of nitrogens with one attached hydrogen (secondary N) is 1. The van der Waals surface area contributed by atoms with Crippen molar-refractivity contribution in [3.8, 4) is 11.8 Å². The lowest BCUT2D eigenvalue weighted by Gasteiger charge is -2.09. The van der Waals surface area contributed by atoms with Crippen molar-refractivity contribution in [2.75, 3.05) is 12.4 Å². The molecule has 0 aliphatic heterocycles. The van der Waals surface area contributed by atoms with Crippen molar-refractivity contribution in [1.29, 1.82) is 5.26 Å². The van der Waals surface area contributed by atoms with Crippen LogP contribution in [0.3, 0.4) is 0 Å². The predicted molar refractivity (Wildman–Crippen MR) is 70.2 cm³/mol. The first-order valence-corrected chi connectivity index (χ1v) is 5.58. The van der Waals surface area contributed by atoms with E-state index in [2.05, 4.69) is 10.3 Å². The second-order valence-corrected chi connectivity index (χ2v) is 3.87. The lowest BCUT2D eigenvalue weighted by molar-refractivity contribution is 0.415. The molecule has 1 N–H and O–H groups in total. The highest BCUT2D eigenvalue weighted by atomic mass is 35.5. The number of methoxy groups -OCH3 is 1. The molecular formula is C13H10ClN3O. The highest BCUT2D eigenvalue weighted by Gasteiger charge is 2.07. The Morgan fingerprint density at radius 2 is 2.22 bits per heavy atom. The minimum Gasteiger partial charge on any atom is -0.497 e. The molecule has 0 saturated carbocycles. The molecule has 90 valence electrons. The Bertz CT molecular complexity index is 607. The number of hydrogen-bond donors (Lipinski definition) is 1. The third kappa shape index (κ3) is 2.53. The zero-order valence-corrected chi connectivity index (χ0v) is 10.4. The molecule has 0 aliphatic carbocycles. The molecule has 1 aromatic heterocycles. The molecule has 2 rings (SSSR count). The van der Waals surface area contributed by atoms with Crippen LogP contribution in [0.2, 0.25) is 5.02 Å². The third-order valence-electron chi connectivity index (χ3n) is 2.34. The fourth-order valence-corrected chi connectivity index (χ4v) is 1.66. The number of hydrogen-bond acceptors (Lipinski definition) is 4. The Labute approximate surface area is 110 Å². The summed E-state index contributed by atoms with van der Waals surface area (Å²) < 4.78 is 5.12. The number of nitriles is 1. The van der Waals surface area contributed by atoms with E-state index in [9.17, 15) is 0 Å². The lowest BCUT2D eigenvalue weighted by Crippen LogP contribution is -1.96. The van der Waals surface area contributed by atoms with E-state index < -0.39 is 0 Å². The molecule has 0 fully saturated rings. The van der Waals surface area contributed by atoms with Gasteiger partial charge in [-0.25, -0.2) is 4.98 Å². The van der Waals surface area contributed by atoms with Crippen LogP contribution in [0.5, 0.6) is 5.75 Å². The summed E-state index contributed by atoms with van der Waals surface area (Å²) in [6.45, 7) is 0. The molecule has 0 amide bonds. The Balaban J connectivity index is 2.31. The van der Waals surface area contributed by atoms with E-state index in [0.29, 0.717) is 16.4 Å². The van der Waals surface area contributed by atoms with Gasteiger partial charge < -0.3 is 10.1 Å². The first-order chi connectivity index (χ1) is 8.74. The van der Waals surface area contributed by atoms with E-state index >= 15 is 0 Å². The van der Waals surface area contributed by atoms with E-state index in [0.717, 1.165) is 11.4 Å². The summed E-state index contributed by atoms with van der Waals surface area (Å²) >= 11 is 6.05. The molecule has 0 aliphatic rings. The molecule has 0 spiro atoms. The topological polar surface area (TPSA) is 57.9 Å². The number of rotatable bonds is 3. The molecule has 2 aromatic rings. The SMILES string of the molecule is COc1cccc(Nc2nccc(C#N)c2Cl)c1. The van der Waals surface area contributed by atoms with Gasteiger partial charge in [0.2, 0.25) is 0 Å². The molecule has 4 nitrogen and oxygen atoms in total. The Hall–Kier alpha value is -2.25. The fourth-order valence-electron chi connectivity index (χ4n) is 1.45. The zero-order valence-electron chi connectivity index (χ0n) is 9.64. The first kappa shape index (κ1) is 12.2. The van der Waals surface area contributed by atoms with E-state index in [4.69, 9.17) is 21.6 Å². The van der Waals surface area contributed by atoms with Crippen LogP contribution >= 0.6 is 11.6 Å². The van der Waals surface area contributed by atoms with E-state index in [-0.39, 0.29) is 0 Å². The summed E-state index contributed by atoms with van der Waals surface area (Å²) in [4.78, 5) is 4.10. The van der Waals surface area contributed by atoms with Crippen molar-refractivity contribution in [2.24, 2.45) is 0 Å². The van der Waals surface area contributed by atoms with Gasteiger partial charge >= 0.3 is 0 Å². The lowest BCUT2D eigenvalue weighted by atomic mass is 10.2. The summed E-state index contributed by atoms with van der Waals surface area (Å²) in [6.07, 6.45) is 1.53. The maximum absolute atomic E-state index is 8.88. The fraction of sp³-hybridized carbons (Fsp3) is 0.0769. The van der Waals surface area contributed by atoms with Gasteiger partial charge in [0.05, 0.1) is 12.7 Å². The van der Waals surface area contributed by atoms with Gasteiger partial charge in [0.25, 0.3) is 0 Å². The van der Waals surface area contributed by atoms with E-state index in [1.807, 2.05) is 30.3 Å². The second-order valence-electron chi connectivity index (χ2n) is 3.49. The van der Waals surface area contributed by atoms with Crippen LogP contribution in [0, 0.1) is 11.3 Å². The monoisotopic (exact) mass is 259 g/mol. The molecule has 0 atom stereocenters. The van der Waals surface area contributed by atoms with Crippen molar-refractivity contribution in [3.63, 3.8) is 0 Å². The van der Waals surface area contributed by atoms with Crippen LogP contribution in [0.4, 0.5) is 11.5 Å². The van der Waals surface area contributed by atoms with Crippen molar-refractivity contribution >= 4 is 23.1 Å². The number of aromatic nitrogens is 1. The molecule has 1 aromatic carbocycles. The van der Waals surface area contributed by atoms with Crippen LogP contribution in [0.1, 0.15) is 5.56 Å². The minimum atomic E-state index is 0.308. The Morgan fingerprint density at radius 1 is 1.39 bits per heavy atom. The molecule has 0 bridgehead atoms. The number of pyridine rings is 1. The maximum Gasteiger partial charge on any atom is 0.150 e. The van der Waals surface area contributed by atoms with Crippen LogP contribution in [-0.2, 0) is 0 Å². The number of halogens is 1. The summed E-state index contributed by atoms with van der Waals surface area (Å²) in [5.41, 5.74) is 1.18. The number of nitrogens with zero attached hydrogens (tertiary/aromatic N) is 2. The van der Waals surface area contributed by atoms with Gasteiger partial charge in [-0.2, -0.15) is 5.26 Å². The van der Waals surface area contributed by atoms with Crippen molar-refractivity contribution in [2.45, 2.75) is 0 Å². The van der Waals surface area contributed by atoms with Crippen molar-refractivity contribution in [3.05, 3.63) is 47.1 Å². The summed E-state index contributed by atoms with van der Waals surface area (Å²) in [6, 6.07) is 10.9. The number of ether oxygens (including phenoxy) is 1. The normalized spacial score (nSPS) is 9.61. The number of anilines is 2. The molecule has 1 heterocycles. The Kier molecular flexibility index (Phi) is 3.66. The largest absolute Gasteiger partial charge is 0.497 e. The standard InChI is InChI=1S/C13H10ClN3O/c1-18-11-4-2-3-10(7-11)17-13-12(14)9(8-15)5-6-16-13/h2-7H,1H3,(H,16,17). The molecule has 18 heavy (non-hydrogen) atoms. The number of benzene rings is 1. The predicted octanol–water partition coefficient (Wildman–Crippen LogP) is 3.36. The van der Waals surface area contributed by atoms with Crippen molar-refractivity contribution in [1.82, 2.24) is 4.98 Å². The minimum absolute atomic E-state index is 0.308. The average molecular weight is 260 g/mol. The summed E-state index contributed by atoms with van der Waals surface area (Å²) in [5.74, 6) is 1.18. The van der Waals surface area contributed by atoms with Gasteiger partial charge in [-0.3, -0.25) is 0 Å². The van der Waals surface area contributed by atoms with Crippen LogP contribution < -0.4 is 10.1 Å². The smallest absolute Gasteiger partial charge is 0.150 e.